The van der Waals surface area contributed by atoms with Gasteiger partial charge in [0.1, 0.15) is 10.2 Å². The molecule has 0 bridgehead atoms. The van der Waals surface area contributed by atoms with E-state index >= 15 is 0 Å². The lowest BCUT2D eigenvalue weighted by Gasteiger charge is -2.07. The summed E-state index contributed by atoms with van der Waals surface area (Å²) >= 11 is 11.5. The SMILES string of the molecule is Cc1c(NC(=O)C2C(C=C(Cl)Cl)C2(C)C)c(=O)n(-c2ccccc2)n1C. The fourth-order valence-corrected chi connectivity index (χ4v) is 3.81. The molecule has 26 heavy (non-hydrogen) atoms. The molecule has 0 spiro atoms. The van der Waals surface area contributed by atoms with E-state index in [1.54, 1.807) is 17.8 Å². The zero-order chi connectivity index (χ0) is 19.2. The first-order chi connectivity index (χ1) is 12.2. The first-order valence-corrected chi connectivity index (χ1v) is 9.09. The van der Waals surface area contributed by atoms with Gasteiger partial charge >= 0.3 is 0 Å². The van der Waals surface area contributed by atoms with Crippen molar-refractivity contribution in [1.29, 1.82) is 0 Å². The van der Waals surface area contributed by atoms with Crippen molar-refractivity contribution in [2.45, 2.75) is 20.8 Å². The molecule has 3 rings (SSSR count). The van der Waals surface area contributed by atoms with Crippen molar-refractivity contribution in [2.75, 3.05) is 5.32 Å². The Morgan fingerprint density at radius 3 is 2.42 bits per heavy atom. The van der Waals surface area contributed by atoms with Crippen LogP contribution in [0, 0.1) is 24.2 Å². The second kappa shape index (κ2) is 6.63. The molecular weight excluding hydrogens is 373 g/mol. The Morgan fingerprint density at radius 2 is 1.85 bits per heavy atom. The number of carbonyl (C=O) groups excluding carboxylic acids is 1. The standard InChI is InChI=1S/C19H21Cl2N3O2/c1-11-16(18(26)24(23(11)4)12-8-6-5-7-9-12)22-17(25)15-13(10-14(20)21)19(15,2)3/h5-10,13,15H,1-4H3,(H,22,25). The number of benzene rings is 1. The highest BCUT2D eigenvalue weighted by atomic mass is 35.5. The van der Waals surface area contributed by atoms with Crippen LogP contribution in [0.5, 0.6) is 0 Å². The molecule has 0 saturated heterocycles. The number of hydrogen-bond acceptors (Lipinski definition) is 2. The molecule has 1 saturated carbocycles. The topological polar surface area (TPSA) is 56.0 Å². The Morgan fingerprint density at radius 1 is 1.23 bits per heavy atom. The Kier molecular flexibility index (Phi) is 4.80. The zero-order valence-electron chi connectivity index (χ0n) is 15.1. The van der Waals surface area contributed by atoms with Gasteiger partial charge < -0.3 is 5.32 Å². The molecule has 1 aromatic carbocycles. The van der Waals surface area contributed by atoms with Crippen LogP contribution in [0.2, 0.25) is 0 Å². The van der Waals surface area contributed by atoms with Crippen LogP contribution in [0.1, 0.15) is 19.5 Å². The van der Waals surface area contributed by atoms with Crippen LogP contribution in [0.4, 0.5) is 5.69 Å². The Hall–Kier alpha value is -1.98. The van der Waals surface area contributed by atoms with Gasteiger partial charge in [0.05, 0.1) is 17.3 Å². The van der Waals surface area contributed by atoms with Crippen LogP contribution in [0.3, 0.4) is 0 Å². The highest BCUT2D eigenvalue weighted by molar-refractivity contribution is 6.55. The van der Waals surface area contributed by atoms with E-state index in [9.17, 15) is 9.59 Å². The van der Waals surface area contributed by atoms with Crippen molar-refractivity contribution in [3.63, 3.8) is 0 Å². The predicted molar refractivity (Wildman–Crippen MR) is 105 cm³/mol. The number of allylic oxidation sites excluding steroid dienone is 1. The van der Waals surface area contributed by atoms with Crippen LogP contribution in [0.25, 0.3) is 5.69 Å². The van der Waals surface area contributed by atoms with Crippen molar-refractivity contribution in [1.82, 2.24) is 9.36 Å². The summed E-state index contributed by atoms with van der Waals surface area (Å²) in [5.41, 5.74) is 1.22. The van der Waals surface area contributed by atoms with E-state index < -0.39 is 0 Å². The smallest absolute Gasteiger partial charge is 0.295 e. The van der Waals surface area contributed by atoms with E-state index in [1.165, 1.54) is 4.68 Å². The van der Waals surface area contributed by atoms with Crippen LogP contribution in [-0.4, -0.2) is 15.3 Å². The quantitative estimate of drug-likeness (QED) is 0.852. The summed E-state index contributed by atoms with van der Waals surface area (Å²) in [6.45, 7) is 5.77. The average Bonchev–Trinajstić information content (AvgIpc) is 3.04. The van der Waals surface area contributed by atoms with Gasteiger partial charge in [-0.25, -0.2) is 4.68 Å². The average molecular weight is 394 g/mol. The molecule has 2 unspecified atom stereocenters. The van der Waals surface area contributed by atoms with E-state index in [-0.39, 0.29) is 33.2 Å². The van der Waals surface area contributed by atoms with Gasteiger partial charge in [-0.15, -0.1) is 0 Å². The van der Waals surface area contributed by atoms with E-state index in [1.807, 2.05) is 51.1 Å². The van der Waals surface area contributed by atoms with Crippen molar-refractivity contribution in [3.05, 3.63) is 56.9 Å². The third kappa shape index (κ3) is 3.10. The number of carbonyl (C=O) groups is 1. The van der Waals surface area contributed by atoms with E-state index in [0.29, 0.717) is 11.4 Å². The van der Waals surface area contributed by atoms with Crippen molar-refractivity contribution >= 4 is 34.8 Å². The lowest BCUT2D eigenvalue weighted by Crippen LogP contribution is -2.24. The molecule has 5 nitrogen and oxygen atoms in total. The van der Waals surface area contributed by atoms with Gasteiger partial charge in [-0.05, 0) is 36.5 Å². The number of rotatable bonds is 4. The van der Waals surface area contributed by atoms with Crippen molar-refractivity contribution in [2.24, 2.45) is 24.3 Å². The number of anilines is 1. The zero-order valence-corrected chi connectivity index (χ0v) is 16.6. The summed E-state index contributed by atoms with van der Waals surface area (Å²) < 4.78 is 3.43. The third-order valence-electron chi connectivity index (χ3n) is 5.30. The summed E-state index contributed by atoms with van der Waals surface area (Å²) in [5, 5.41) is 2.82. The third-order valence-corrected chi connectivity index (χ3v) is 5.55. The molecule has 1 N–H and O–H groups in total. The van der Waals surface area contributed by atoms with Gasteiger partial charge in [0.2, 0.25) is 5.91 Å². The van der Waals surface area contributed by atoms with Crippen molar-refractivity contribution < 1.29 is 4.79 Å². The second-order valence-corrected chi connectivity index (χ2v) is 8.21. The molecule has 1 fully saturated rings. The minimum absolute atomic E-state index is 0.0483. The minimum atomic E-state index is -0.279. The number of halogens is 2. The molecule has 138 valence electrons. The van der Waals surface area contributed by atoms with Crippen LogP contribution < -0.4 is 10.9 Å². The lowest BCUT2D eigenvalue weighted by atomic mass is 10.1. The summed E-state index contributed by atoms with van der Waals surface area (Å²) in [6.07, 6.45) is 1.69. The largest absolute Gasteiger partial charge is 0.320 e. The van der Waals surface area contributed by atoms with Crippen LogP contribution in [0.15, 0.2) is 45.7 Å². The van der Waals surface area contributed by atoms with Gasteiger partial charge in [-0.1, -0.05) is 55.2 Å². The molecule has 0 radical (unpaired) electrons. The predicted octanol–water partition coefficient (Wildman–Crippen LogP) is 4.01. The number of hydrogen-bond donors (Lipinski definition) is 1. The first kappa shape index (κ1) is 18.8. The molecule has 2 aromatic rings. The minimum Gasteiger partial charge on any atom is -0.320 e. The number of amides is 1. The van der Waals surface area contributed by atoms with E-state index in [4.69, 9.17) is 23.2 Å². The molecular formula is C19H21Cl2N3O2. The fraction of sp³-hybridized carbons (Fsp3) is 0.368. The van der Waals surface area contributed by atoms with Gasteiger partial charge in [-0.3, -0.25) is 14.3 Å². The highest BCUT2D eigenvalue weighted by Crippen LogP contribution is 2.60. The molecule has 7 heteroatoms. The molecule has 1 aliphatic carbocycles. The number of nitrogens with zero attached hydrogens (tertiary/aromatic N) is 2. The van der Waals surface area contributed by atoms with Crippen LogP contribution in [-0.2, 0) is 11.8 Å². The first-order valence-electron chi connectivity index (χ1n) is 8.34. The molecule has 0 aliphatic heterocycles. The molecule has 1 aromatic heterocycles. The Labute approximate surface area is 162 Å². The van der Waals surface area contributed by atoms with E-state index in [0.717, 1.165) is 5.69 Å². The summed E-state index contributed by atoms with van der Waals surface area (Å²) in [5.74, 6) is -0.524. The van der Waals surface area contributed by atoms with E-state index in [2.05, 4.69) is 5.32 Å². The molecule has 1 heterocycles. The maximum absolute atomic E-state index is 12.9. The summed E-state index contributed by atoms with van der Waals surface area (Å²) in [7, 11) is 1.79. The number of aromatic nitrogens is 2. The number of para-hydroxylation sites is 1. The second-order valence-electron chi connectivity index (χ2n) is 7.21. The van der Waals surface area contributed by atoms with Crippen molar-refractivity contribution in [3.8, 4) is 5.69 Å². The Bertz CT molecular complexity index is 938. The van der Waals surface area contributed by atoms with Crippen LogP contribution >= 0.6 is 23.2 Å². The maximum atomic E-state index is 12.9. The Balaban J connectivity index is 1.92. The molecule has 1 aliphatic rings. The molecule has 2 atom stereocenters. The summed E-state index contributed by atoms with van der Waals surface area (Å²) in [4.78, 5) is 25.6. The monoisotopic (exact) mass is 393 g/mol. The summed E-state index contributed by atoms with van der Waals surface area (Å²) in [6, 6.07) is 9.31. The van der Waals surface area contributed by atoms with Gasteiger partial charge in [-0.2, -0.15) is 0 Å². The molecule has 1 amide bonds. The normalized spacial score (nSPS) is 20.5. The van der Waals surface area contributed by atoms with Gasteiger partial charge in [0.15, 0.2) is 0 Å². The number of nitrogens with one attached hydrogen (secondary N) is 1. The highest BCUT2D eigenvalue weighted by Gasteiger charge is 2.60. The fourth-order valence-electron chi connectivity index (χ4n) is 3.54. The van der Waals surface area contributed by atoms with Gasteiger partial charge in [0.25, 0.3) is 5.56 Å². The van der Waals surface area contributed by atoms with Gasteiger partial charge in [0, 0.05) is 7.05 Å². The lowest BCUT2D eigenvalue weighted by molar-refractivity contribution is -0.118. The maximum Gasteiger partial charge on any atom is 0.295 e.